The largest absolute Gasteiger partial charge is 0.478 e. The molecule has 0 fully saturated rings. The Labute approximate surface area is 110 Å². The number of methoxy groups -OCH3 is 1. The number of aromatic carboxylic acids is 1. The van der Waals surface area contributed by atoms with E-state index in [1.807, 2.05) is 6.92 Å². The van der Waals surface area contributed by atoms with Crippen molar-refractivity contribution < 1.29 is 19.4 Å². The number of rotatable bonds is 4. The lowest BCUT2D eigenvalue weighted by molar-refractivity contribution is -0.140. The standard InChI is InChI=1S/C14H15NO4/c1-8-10-4-3-9(14(17)18)7-12(10)15-11(8)5-6-13(16)19-2/h3-4,7,15H,5-6H2,1-2H3,(H,17,18). The average Bonchev–Trinajstić information content (AvgIpc) is 2.72. The Hall–Kier alpha value is -2.30. The molecule has 1 aromatic heterocycles. The maximum atomic E-state index is 11.1. The highest BCUT2D eigenvalue weighted by Crippen LogP contribution is 2.23. The second-order valence-electron chi connectivity index (χ2n) is 4.37. The van der Waals surface area contributed by atoms with Gasteiger partial charge in [0.25, 0.3) is 0 Å². The maximum Gasteiger partial charge on any atom is 0.335 e. The van der Waals surface area contributed by atoms with Gasteiger partial charge in [-0.3, -0.25) is 4.79 Å². The van der Waals surface area contributed by atoms with Crippen LogP contribution < -0.4 is 0 Å². The van der Waals surface area contributed by atoms with Crippen molar-refractivity contribution in [2.45, 2.75) is 19.8 Å². The molecular formula is C14H15NO4. The molecule has 0 aliphatic rings. The van der Waals surface area contributed by atoms with Gasteiger partial charge in [0.1, 0.15) is 0 Å². The minimum atomic E-state index is -0.953. The molecule has 5 nitrogen and oxygen atoms in total. The van der Waals surface area contributed by atoms with Gasteiger partial charge >= 0.3 is 11.9 Å². The van der Waals surface area contributed by atoms with Crippen molar-refractivity contribution in [3.05, 3.63) is 35.0 Å². The zero-order valence-electron chi connectivity index (χ0n) is 10.8. The van der Waals surface area contributed by atoms with Crippen LogP contribution in [-0.2, 0) is 16.0 Å². The molecule has 1 heterocycles. The number of benzene rings is 1. The highest BCUT2D eigenvalue weighted by Gasteiger charge is 2.11. The first-order valence-electron chi connectivity index (χ1n) is 5.94. The Morgan fingerprint density at radius 2 is 2.11 bits per heavy atom. The normalized spacial score (nSPS) is 10.6. The number of H-pyrrole nitrogens is 1. The molecule has 2 aromatic rings. The number of aromatic nitrogens is 1. The van der Waals surface area contributed by atoms with E-state index in [1.54, 1.807) is 18.2 Å². The maximum absolute atomic E-state index is 11.1. The third-order valence-electron chi connectivity index (χ3n) is 3.22. The molecule has 0 aliphatic carbocycles. The number of ether oxygens (including phenoxy) is 1. The summed E-state index contributed by atoms with van der Waals surface area (Å²) in [5.41, 5.74) is 2.99. The molecule has 0 atom stereocenters. The van der Waals surface area contributed by atoms with E-state index >= 15 is 0 Å². The molecule has 0 radical (unpaired) electrons. The predicted octanol–water partition coefficient (Wildman–Crippen LogP) is 2.28. The Balaban J connectivity index is 2.33. The van der Waals surface area contributed by atoms with Gasteiger partial charge in [0.15, 0.2) is 0 Å². The van der Waals surface area contributed by atoms with Crippen molar-refractivity contribution >= 4 is 22.8 Å². The molecule has 0 amide bonds. The molecule has 0 unspecified atom stereocenters. The summed E-state index contributed by atoms with van der Waals surface area (Å²) >= 11 is 0. The van der Waals surface area contributed by atoms with Crippen LogP contribution in [0.25, 0.3) is 10.9 Å². The molecule has 1 aromatic carbocycles. The molecule has 19 heavy (non-hydrogen) atoms. The Bertz CT molecular complexity index is 642. The van der Waals surface area contributed by atoms with Crippen LogP contribution in [0.15, 0.2) is 18.2 Å². The van der Waals surface area contributed by atoms with Crippen LogP contribution in [0.5, 0.6) is 0 Å². The number of aryl methyl sites for hydroxylation is 2. The lowest BCUT2D eigenvalue weighted by Crippen LogP contribution is -2.02. The quantitative estimate of drug-likeness (QED) is 0.827. The topological polar surface area (TPSA) is 79.4 Å². The van der Waals surface area contributed by atoms with Crippen LogP contribution in [0, 0.1) is 6.92 Å². The minimum absolute atomic E-state index is 0.244. The van der Waals surface area contributed by atoms with Gasteiger partial charge in [-0.2, -0.15) is 0 Å². The van der Waals surface area contributed by atoms with E-state index in [1.165, 1.54) is 7.11 Å². The molecule has 2 N–H and O–H groups in total. The lowest BCUT2D eigenvalue weighted by atomic mass is 10.1. The summed E-state index contributed by atoms with van der Waals surface area (Å²) in [4.78, 5) is 25.2. The number of hydrogen-bond acceptors (Lipinski definition) is 3. The third kappa shape index (κ3) is 2.59. The first-order chi connectivity index (χ1) is 9.02. The van der Waals surface area contributed by atoms with Crippen LogP contribution in [-0.4, -0.2) is 29.1 Å². The van der Waals surface area contributed by atoms with E-state index < -0.39 is 5.97 Å². The fourth-order valence-corrected chi connectivity index (χ4v) is 2.11. The highest BCUT2D eigenvalue weighted by molar-refractivity contribution is 5.94. The number of esters is 1. The number of nitrogens with one attached hydrogen (secondary N) is 1. The molecule has 0 aliphatic heterocycles. The SMILES string of the molecule is COC(=O)CCc1[nH]c2cc(C(=O)O)ccc2c1C. The van der Waals surface area contributed by atoms with Gasteiger partial charge in [0.2, 0.25) is 0 Å². The van der Waals surface area contributed by atoms with Crippen molar-refractivity contribution in [1.29, 1.82) is 0 Å². The smallest absolute Gasteiger partial charge is 0.335 e. The molecule has 5 heteroatoms. The van der Waals surface area contributed by atoms with Crippen LogP contribution in [0.1, 0.15) is 28.0 Å². The van der Waals surface area contributed by atoms with Crippen LogP contribution in [0.3, 0.4) is 0 Å². The van der Waals surface area contributed by atoms with E-state index in [0.717, 1.165) is 22.2 Å². The molecule has 0 bridgehead atoms. The monoisotopic (exact) mass is 261 g/mol. The highest BCUT2D eigenvalue weighted by atomic mass is 16.5. The van der Waals surface area contributed by atoms with Crippen molar-refractivity contribution in [2.75, 3.05) is 7.11 Å². The van der Waals surface area contributed by atoms with Crippen LogP contribution >= 0.6 is 0 Å². The average molecular weight is 261 g/mol. The van der Waals surface area contributed by atoms with Crippen molar-refractivity contribution in [3.63, 3.8) is 0 Å². The van der Waals surface area contributed by atoms with Gasteiger partial charge in [-0.05, 0) is 31.0 Å². The number of carbonyl (C=O) groups is 2. The lowest BCUT2D eigenvalue weighted by Gasteiger charge is -1.99. The summed E-state index contributed by atoms with van der Waals surface area (Å²) in [6.45, 7) is 1.95. The van der Waals surface area contributed by atoms with Crippen molar-refractivity contribution in [2.24, 2.45) is 0 Å². The molecule has 2 rings (SSSR count). The Morgan fingerprint density at radius 1 is 1.37 bits per heavy atom. The summed E-state index contributed by atoms with van der Waals surface area (Å²) in [6.07, 6.45) is 0.853. The zero-order valence-corrected chi connectivity index (χ0v) is 10.8. The fourth-order valence-electron chi connectivity index (χ4n) is 2.11. The Kier molecular flexibility index (Phi) is 3.55. The summed E-state index contributed by atoms with van der Waals surface area (Å²) in [7, 11) is 1.36. The van der Waals surface area contributed by atoms with Gasteiger partial charge in [-0.25, -0.2) is 4.79 Å². The van der Waals surface area contributed by atoms with Crippen molar-refractivity contribution in [1.82, 2.24) is 4.98 Å². The third-order valence-corrected chi connectivity index (χ3v) is 3.22. The number of carboxylic acids is 1. The number of carbonyl (C=O) groups excluding carboxylic acids is 1. The van der Waals surface area contributed by atoms with Gasteiger partial charge in [0.05, 0.1) is 19.1 Å². The van der Waals surface area contributed by atoms with Crippen LogP contribution in [0.4, 0.5) is 0 Å². The van der Waals surface area contributed by atoms with E-state index in [9.17, 15) is 9.59 Å². The number of carboxylic acid groups (broad SMARTS) is 1. The second-order valence-corrected chi connectivity index (χ2v) is 4.37. The first-order valence-corrected chi connectivity index (χ1v) is 5.94. The molecular weight excluding hydrogens is 246 g/mol. The predicted molar refractivity (Wildman–Crippen MR) is 70.3 cm³/mol. The molecule has 0 saturated heterocycles. The van der Waals surface area contributed by atoms with Gasteiger partial charge in [0, 0.05) is 16.6 Å². The minimum Gasteiger partial charge on any atom is -0.478 e. The van der Waals surface area contributed by atoms with Gasteiger partial charge in [-0.15, -0.1) is 0 Å². The molecule has 0 spiro atoms. The summed E-state index contributed by atoms with van der Waals surface area (Å²) in [5, 5.41) is 9.93. The number of hydrogen-bond donors (Lipinski definition) is 2. The Morgan fingerprint density at radius 3 is 2.74 bits per heavy atom. The second kappa shape index (κ2) is 5.14. The van der Waals surface area contributed by atoms with E-state index in [-0.39, 0.29) is 11.5 Å². The van der Waals surface area contributed by atoms with Gasteiger partial charge in [-0.1, -0.05) is 6.07 Å². The zero-order chi connectivity index (χ0) is 14.0. The van der Waals surface area contributed by atoms with Gasteiger partial charge < -0.3 is 14.8 Å². The number of fused-ring (bicyclic) bond motifs is 1. The molecule has 100 valence electrons. The van der Waals surface area contributed by atoms with Crippen molar-refractivity contribution in [3.8, 4) is 0 Å². The van der Waals surface area contributed by atoms with E-state index in [2.05, 4.69) is 9.72 Å². The number of aromatic amines is 1. The summed E-state index contributed by atoms with van der Waals surface area (Å²) in [5.74, 6) is -1.21. The first kappa shape index (κ1) is 13.1. The van der Waals surface area contributed by atoms with E-state index in [4.69, 9.17) is 5.11 Å². The fraction of sp³-hybridized carbons (Fsp3) is 0.286. The summed E-state index contributed by atoms with van der Waals surface area (Å²) < 4.78 is 4.61. The van der Waals surface area contributed by atoms with Crippen LogP contribution in [0.2, 0.25) is 0 Å². The van der Waals surface area contributed by atoms with E-state index in [0.29, 0.717) is 12.8 Å². The summed E-state index contributed by atoms with van der Waals surface area (Å²) in [6, 6.07) is 4.97. The molecule has 0 saturated carbocycles.